The van der Waals surface area contributed by atoms with Crippen molar-refractivity contribution in [3.8, 4) is 0 Å². The lowest BCUT2D eigenvalue weighted by atomic mass is 9.97. The Kier molecular flexibility index (Phi) is 4.34. The summed E-state index contributed by atoms with van der Waals surface area (Å²) in [5, 5.41) is 0. The zero-order valence-electron chi connectivity index (χ0n) is 8.18. The zero-order valence-corrected chi connectivity index (χ0v) is 8.18. The molecule has 0 aliphatic rings. The molecule has 1 unspecified atom stereocenters. The number of methoxy groups -OCH3 is 1. The molecule has 0 heterocycles. The number of ketones is 1. The van der Waals surface area contributed by atoms with Crippen LogP contribution < -0.4 is 0 Å². The minimum absolute atomic E-state index is 0.108. The van der Waals surface area contributed by atoms with Gasteiger partial charge in [-0.15, -0.1) is 0 Å². The Bertz CT molecular complexity index is 214. The second kappa shape index (κ2) is 4.75. The molecule has 0 aliphatic carbocycles. The molecule has 2 heteroatoms. The molecular weight excluding hydrogens is 152 g/mol. The third kappa shape index (κ3) is 2.53. The molecule has 0 N–H and O–H groups in total. The average Bonchev–Trinajstić information content (AvgIpc) is 2.05. The van der Waals surface area contributed by atoms with Crippen LogP contribution in [0.3, 0.4) is 0 Å². The molecule has 0 fully saturated rings. The van der Waals surface area contributed by atoms with Crippen LogP contribution in [0.1, 0.15) is 20.8 Å². The van der Waals surface area contributed by atoms with Crippen LogP contribution in [0, 0.1) is 5.92 Å². The average molecular weight is 168 g/mol. The van der Waals surface area contributed by atoms with E-state index in [1.807, 2.05) is 19.9 Å². The number of hydrogen-bond donors (Lipinski definition) is 0. The van der Waals surface area contributed by atoms with E-state index in [1.54, 1.807) is 14.0 Å². The van der Waals surface area contributed by atoms with Crippen molar-refractivity contribution in [3.63, 3.8) is 0 Å². The maximum absolute atomic E-state index is 11.0. The van der Waals surface area contributed by atoms with Gasteiger partial charge in [-0.2, -0.15) is 0 Å². The molecule has 0 bridgehead atoms. The molecule has 1 atom stereocenters. The molecule has 2 nitrogen and oxygen atoms in total. The van der Waals surface area contributed by atoms with Gasteiger partial charge in [-0.05, 0) is 25.5 Å². The highest BCUT2D eigenvalue weighted by Crippen LogP contribution is 2.18. The van der Waals surface area contributed by atoms with Crippen molar-refractivity contribution in [3.05, 3.63) is 24.0 Å². The van der Waals surface area contributed by atoms with E-state index in [0.29, 0.717) is 5.76 Å². The van der Waals surface area contributed by atoms with Gasteiger partial charge in [-0.25, -0.2) is 0 Å². The number of hydrogen-bond acceptors (Lipinski definition) is 2. The lowest BCUT2D eigenvalue weighted by Crippen LogP contribution is -2.11. The van der Waals surface area contributed by atoms with E-state index in [9.17, 15) is 4.79 Å². The van der Waals surface area contributed by atoms with E-state index < -0.39 is 0 Å². The number of ether oxygens (including phenoxy) is 1. The smallest absolute Gasteiger partial charge is 0.137 e. The predicted octanol–water partition coefficient (Wildman–Crippen LogP) is 2.32. The van der Waals surface area contributed by atoms with Gasteiger partial charge in [0.1, 0.15) is 11.5 Å². The first-order valence-electron chi connectivity index (χ1n) is 3.94. The van der Waals surface area contributed by atoms with Crippen molar-refractivity contribution in [1.29, 1.82) is 0 Å². The van der Waals surface area contributed by atoms with Crippen molar-refractivity contribution in [1.82, 2.24) is 0 Å². The van der Waals surface area contributed by atoms with Gasteiger partial charge in [0.15, 0.2) is 0 Å². The van der Waals surface area contributed by atoms with E-state index in [1.165, 1.54) is 0 Å². The molecular formula is C10H16O2. The summed E-state index contributed by atoms with van der Waals surface area (Å²) in [6.07, 6.45) is 1.81. The molecule has 0 aromatic rings. The number of Topliss-reactive ketones (excluding diaryl/α,β-unsaturated/α-hetero) is 1. The van der Waals surface area contributed by atoms with Gasteiger partial charge >= 0.3 is 0 Å². The fourth-order valence-electron chi connectivity index (χ4n) is 0.893. The first-order chi connectivity index (χ1) is 5.54. The van der Waals surface area contributed by atoms with Crippen molar-refractivity contribution in [2.45, 2.75) is 20.8 Å². The Balaban J connectivity index is 4.48. The number of carbonyl (C=O) groups excluding carboxylic acids is 1. The van der Waals surface area contributed by atoms with Gasteiger partial charge < -0.3 is 4.74 Å². The van der Waals surface area contributed by atoms with Crippen LogP contribution in [0.2, 0.25) is 0 Å². The van der Waals surface area contributed by atoms with Crippen molar-refractivity contribution in [2.24, 2.45) is 5.92 Å². The molecule has 0 aliphatic heterocycles. The third-order valence-corrected chi connectivity index (χ3v) is 1.93. The Morgan fingerprint density at radius 3 is 2.33 bits per heavy atom. The molecule has 0 amide bonds. The highest BCUT2D eigenvalue weighted by molar-refractivity contribution is 5.81. The first-order valence-corrected chi connectivity index (χ1v) is 3.94. The fourth-order valence-corrected chi connectivity index (χ4v) is 0.893. The predicted molar refractivity (Wildman–Crippen MR) is 49.8 cm³/mol. The van der Waals surface area contributed by atoms with Gasteiger partial charge in [0.2, 0.25) is 0 Å². The Morgan fingerprint density at radius 2 is 2.08 bits per heavy atom. The van der Waals surface area contributed by atoms with Crippen LogP contribution in [0.5, 0.6) is 0 Å². The summed E-state index contributed by atoms with van der Waals surface area (Å²) in [4.78, 5) is 11.0. The minimum Gasteiger partial charge on any atom is -0.497 e. The summed E-state index contributed by atoms with van der Waals surface area (Å²) in [5.41, 5.74) is 0.743. The third-order valence-electron chi connectivity index (χ3n) is 1.93. The summed E-state index contributed by atoms with van der Waals surface area (Å²) in [7, 11) is 1.58. The lowest BCUT2D eigenvalue weighted by molar-refractivity contribution is -0.119. The van der Waals surface area contributed by atoms with Gasteiger partial charge in [0.05, 0.1) is 7.11 Å². The summed E-state index contributed by atoms with van der Waals surface area (Å²) >= 11 is 0. The number of carbonyl (C=O) groups is 1. The molecule has 0 spiro atoms. The van der Waals surface area contributed by atoms with Gasteiger partial charge in [-0.3, -0.25) is 4.79 Å². The van der Waals surface area contributed by atoms with Gasteiger partial charge in [0.25, 0.3) is 0 Å². The molecule has 68 valence electrons. The van der Waals surface area contributed by atoms with E-state index in [-0.39, 0.29) is 11.7 Å². The quantitative estimate of drug-likeness (QED) is 0.475. The normalized spacial score (nSPS) is 13.8. The van der Waals surface area contributed by atoms with Crippen molar-refractivity contribution < 1.29 is 9.53 Å². The van der Waals surface area contributed by atoms with Crippen LogP contribution in [-0.4, -0.2) is 12.9 Å². The van der Waals surface area contributed by atoms with Gasteiger partial charge in [0, 0.05) is 5.92 Å². The van der Waals surface area contributed by atoms with Crippen LogP contribution in [0.15, 0.2) is 24.0 Å². The molecule has 0 saturated heterocycles. The Hall–Kier alpha value is -1.05. The maximum atomic E-state index is 11.0. The highest BCUT2D eigenvalue weighted by Gasteiger charge is 2.14. The van der Waals surface area contributed by atoms with Gasteiger partial charge in [-0.1, -0.05) is 13.5 Å². The van der Waals surface area contributed by atoms with Crippen LogP contribution in [-0.2, 0) is 9.53 Å². The summed E-state index contributed by atoms with van der Waals surface area (Å²) < 4.78 is 5.04. The van der Waals surface area contributed by atoms with Crippen LogP contribution in [0.25, 0.3) is 0 Å². The molecule has 12 heavy (non-hydrogen) atoms. The molecule has 0 rings (SSSR count). The second-order valence-corrected chi connectivity index (χ2v) is 2.71. The van der Waals surface area contributed by atoms with Crippen molar-refractivity contribution >= 4 is 5.78 Å². The van der Waals surface area contributed by atoms with Crippen LogP contribution >= 0.6 is 0 Å². The lowest BCUT2D eigenvalue weighted by Gasteiger charge is -2.13. The SMILES string of the molecule is C=C(/C(=C\C)OC)C(C)C(C)=O. The zero-order chi connectivity index (χ0) is 9.72. The summed E-state index contributed by atoms with van der Waals surface area (Å²) in [5.74, 6) is 0.644. The largest absolute Gasteiger partial charge is 0.497 e. The maximum Gasteiger partial charge on any atom is 0.137 e. The number of rotatable bonds is 4. The van der Waals surface area contributed by atoms with E-state index in [4.69, 9.17) is 4.74 Å². The van der Waals surface area contributed by atoms with E-state index in [0.717, 1.165) is 5.57 Å². The van der Waals surface area contributed by atoms with Crippen LogP contribution in [0.4, 0.5) is 0 Å². The fraction of sp³-hybridized carbons (Fsp3) is 0.500. The van der Waals surface area contributed by atoms with E-state index >= 15 is 0 Å². The Labute approximate surface area is 73.9 Å². The second-order valence-electron chi connectivity index (χ2n) is 2.71. The molecule has 0 aromatic carbocycles. The molecule has 0 aromatic heterocycles. The molecule has 0 saturated carbocycles. The standard InChI is InChI=1S/C10H16O2/c1-6-10(12-5)8(3)7(2)9(4)11/h6-7H,3H2,1-2,4-5H3/b10-6+. The Morgan fingerprint density at radius 1 is 1.58 bits per heavy atom. The first kappa shape index (κ1) is 11.0. The van der Waals surface area contributed by atoms with Crippen molar-refractivity contribution in [2.75, 3.05) is 7.11 Å². The topological polar surface area (TPSA) is 26.3 Å². The summed E-state index contributed by atoms with van der Waals surface area (Å²) in [6, 6.07) is 0. The highest BCUT2D eigenvalue weighted by atomic mass is 16.5. The number of allylic oxidation sites excluding steroid dienone is 2. The summed E-state index contributed by atoms with van der Waals surface area (Å²) in [6.45, 7) is 9.04. The minimum atomic E-state index is -0.156. The van der Waals surface area contributed by atoms with E-state index in [2.05, 4.69) is 6.58 Å². The monoisotopic (exact) mass is 168 g/mol. The molecule has 0 radical (unpaired) electrons.